The van der Waals surface area contributed by atoms with Gasteiger partial charge < -0.3 is 40.6 Å². The smallest absolute Gasteiger partial charge is 0.306 e. The molecule has 0 bridgehead atoms. The maximum absolute atomic E-state index is 11.5. The van der Waals surface area contributed by atoms with Gasteiger partial charge in [-0.1, -0.05) is 68.2 Å². The summed E-state index contributed by atoms with van der Waals surface area (Å²) in [5, 5.41) is 11.3. The minimum Gasteiger partial charge on any atom is -0.481 e. The van der Waals surface area contributed by atoms with Crippen LogP contribution in [0, 0.1) is 11.8 Å². The SMILES string of the molecule is C.C.CCCCC(C)C(=O)NCCOCCOC.CCCCC(C)C(=O)O.COCCOCCN.O. The summed E-state index contributed by atoms with van der Waals surface area (Å²) in [6, 6.07) is 0. The lowest BCUT2D eigenvalue weighted by molar-refractivity contribution is -0.141. The highest BCUT2D eigenvalue weighted by atomic mass is 16.5. The summed E-state index contributed by atoms with van der Waals surface area (Å²) >= 11 is 0. The van der Waals surface area contributed by atoms with E-state index in [-0.39, 0.29) is 38.1 Å². The Bertz CT molecular complexity index is 409. The highest BCUT2D eigenvalue weighted by molar-refractivity contribution is 5.78. The van der Waals surface area contributed by atoms with Gasteiger partial charge in [-0.3, -0.25) is 9.59 Å². The number of hydrogen-bond donors (Lipinski definition) is 3. The van der Waals surface area contributed by atoms with Crippen LogP contribution in [-0.2, 0) is 28.5 Å². The van der Waals surface area contributed by atoms with Crippen molar-refractivity contribution >= 4 is 11.9 Å². The van der Waals surface area contributed by atoms with E-state index in [1.165, 1.54) is 0 Å². The second kappa shape index (κ2) is 40.9. The van der Waals surface area contributed by atoms with Crippen LogP contribution in [0.25, 0.3) is 0 Å². The van der Waals surface area contributed by atoms with Gasteiger partial charge >= 0.3 is 5.97 Å². The van der Waals surface area contributed by atoms with E-state index < -0.39 is 5.97 Å². The van der Waals surface area contributed by atoms with E-state index in [2.05, 4.69) is 19.2 Å². The first-order chi connectivity index (χ1) is 15.8. The molecule has 0 rings (SSSR count). The van der Waals surface area contributed by atoms with Crippen molar-refractivity contribution in [1.82, 2.24) is 5.32 Å². The first-order valence-electron chi connectivity index (χ1n) is 12.2. The third kappa shape index (κ3) is 42.8. The van der Waals surface area contributed by atoms with Crippen LogP contribution in [-0.4, -0.2) is 89.4 Å². The van der Waals surface area contributed by atoms with E-state index in [4.69, 9.17) is 29.8 Å². The third-order valence-corrected chi connectivity index (χ3v) is 4.52. The minimum absolute atomic E-state index is 0. The zero-order valence-electron chi connectivity index (χ0n) is 22.5. The van der Waals surface area contributed by atoms with Gasteiger partial charge in [0.2, 0.25) is 5.91 Å². The van der Waals surface area contributed by atoms with Crippen LogP contribution in [0.5, 0.6) is 0 Å². The van der Waals surface area contributed by atoms with Gasteiger partial charge in [0, 0.05) is 33.2 Å². The standard InChI is InChI=1S/C12H25NO3.C7H14O2.C5H13NO2.2CH4.H2O/c1-4-5-6-11(2)12(14)13-7-8-16-10-9-15-3;1-3-4-5-6(2)7(8)9;1-7-4-5-8-3-2-6;;;/h11H,4-10H2,1-3H3,(H,13,14);6H,3-5H2,1-2H3,(H,8,9);2-6H2,1H3;2*1H4;1H2. The van der Waals surface area contributed by atoms with Gasteiger partial charge in [-0.15, -0.1) is 0 Å². The van der Waals surface area contributed by atoms with E-state index in [0.717, 1.165) is 38.5 Å². The summed E-state index contributed by atoms with van der Waals surface area (Å²) in [7, 11) is 3.28. The Morgan fingerprint density at radius 1 is 0.806 bits per heavy atom. The van der Waals surface area contributed by atoms with Gasteiger partial charge in [0.15, 0.2) is 0 Å². The number of carbonyl (C=O) groups excluding carboxylic acids is 1. The summed E-state index contributed by atoms with van der Waals surface area (Å²) in [4.78, 5) is 21.8. The zero-order chi connectivity index (χ0) is 25.7. The molecule has 2 unspecified atom stereocenters. The molecule has 0 spiro atoms. The molecular weight excluding hydrogens is 468 g/mol. The van der Waals surface area contributed by atoms with Crippen LogP contribution in [0.4, 0.5) is 0 Å². The van der Waals surface area contributed by atoms with Gasteiger partial charge in [0.05, 0.1) is 45.6 Å². The fourth-order valence-corrected chi connectivity index (χ4v) is 2.27. The summed E-state index contributed by atoms with van der Waals surface area (Å²) in [5.41, 5.74) is 5.14. The number of aliphatic carboxylic acids is 1. The maximum atomic E-state index is 11.5. The van der Waals surface area contributed by atoms with Crippen molar-refractivity contribution in [2.45, 2.75) is 81.1 Å². The highest BCUT2D eigenvalue weighted by Gasteiger charge is 2.10. The number of methoxy groups -OCH3 is 2. The molecule has 0 aliphatic carbocycles. The second-order valence-electron chi connectivity index (χ2n) is 7.71. The first kappa shape index (κ1) is 47.8. The summed E-state index contributed by atoms with van der Waals surface area (Å²) < 4.78 is 19.8. The molecule has 0 heterocycles. The lowest BCUT2D eigenvalue weighted by atomic mass is 10.0. The number of nitrogens with two attached hydrogens (primary N) is 1. The Kier molecular flexibility index (Phi) is 54.3. The van der Waals surface area contributed by atoms with Crippen LogP contribution in [0.2, 0.25) is 0 Å². The van der Waals surface area contributed by atoms with Crippen molar-refractivity contribution in [3.8, 4) is 0 Å². The number of unbranched alkanes of at least 4 members (excludes halogenated alkanes) is 2. The molecule has 36 heavy (non-hydrogen) atoms. The lowest BCUT2D eigenvalue weighted by Crippen LogP contribution is -2.32. The lowest BCUT2D eigenvalue weighted by Gasteiger charge is -2.11. The molecule has 0 aromatic carbocycles. The summed E-state index contributed by atoms with van der Waals surface area (Å²) in [5.74, 6) is -0.601. The molecule has 0 saturated heterocycles. The average molecular weight is 531 g/mol. The molecule has 10 nitrogen and oxygen atoms in total. The molecule has 0 aliphatic heterocycles. The van der Waals surface area contributed by atoms with Crippen LogP contribution < -0.4 is 11.1 Å². The monoisotopic (exact) mass is 530 g/mol. The fraction of sp³-hybridized carbons (Fsp3) is 0.923. The third-order valence-electron chi connectivity index (χ3n) is 4.52. The fourth-order valence-electron chi connectivity index (χ4n) is 2.27. The van der Waals surface area contributed by atoms with Gasteiger partial charge in [0.25, 0.3) is 0 Å². The number of hydrogen-bond acceptors (Lipinski definition) is 7. The van der Waals surface area contributed by atoms with Gasteiger partial charge in [0.1, 0.15) is 0 Å². The predicted octanol–water partition coefficient (Wildman–Crippen LogP) is 3.54. The first-order valence-corrected chi connectivity index (χ1v) is 12.2. The molecule has 0 aromatic heterocycles. The molecule has 1 amide bonds. The minimum atomic E-state index is -0.677. The zero-order valence-corrected chi connectivity index (χ0v) is 22.5. The van der Waals surface area contributed by atoms with Crippen molar-refractivity contribution in [2.75, 3.05) is 67.0 Å². The number of carboxylic acid groups (broad SMARTS) is 1. The Morgan fingerprint density at radius 3 is 1.64 bits per heavy atom. The van der Waals surface area contributed by atoms with E-state index in [9.17, 15) is 9.59 Å². The normalized spacial score (nSPS) is 11.0. The molecule has 0 fully saturated rings. The highest BCUT2D eigenvalue weighted by Crippen LogP contribution is 2.07. The van der Waals surface area contributed by atoms with Gasteiger partial charge in [-0.05, 0) is 12.8 Å². The molecule has 2 atom stereocenters. The summed E-state index contributed by atoms with van der Waals surface area (Å²) in [6.07, 6.45) is 6.13. The largest absolute Gasteiger partial charge is 0.481 e. The number of carbonyl (C=O) groups is 2. The van der Waals surface area contributed by atoms with Crippen molar-refractivity contribution in [3.63, 3.8) is 0 Å². The van der Waals surface area contributed by atoms with Crippen LogP contribution in [0.15, 0.2) is 0 Å². The molecule has 10 heteroatoms. The molecular formula is C26H62N2O8. The van der Waals surface area contributed by atoms with Crippen molar-refractivity contribution in [2.24, 2.45) is 17.6 Å². The Balaban J connectivity index is -0.0000000972. The van der Waals surface area contributed by atoms with E-state index in [1.807, 2.05) is 6.92 Å². The van der Waals surface area contributed by atoms with Crippen molar-refractivity contribution < 1.29 is 39.1 Å². The number of ether oxygens (including phenoxy) is 4. The van der Waals surface area contributed by atoms with Gasteiger partial charge in [-0.2, -0.15) is 0 Å². The number of carboxylic acids is 1. The van der Waals surface area contributed by atoms with E-state index >= 15 is 0 Å². The second-order valence-corrected chi connectivity index (χ2v) is 7.71. The van der Waals surface area contributed by atoms with Crippen LogP contribution in [0.3, 0.4) is 0 Å². The molecule has 6 N–H and O–H groups in total. The molecule has 0 aliphatic rings. The number of nitrogens with one attached hydrogen (secondary N) is 1. The molecule has 0 saturated carbocycles. The maximum Gasteiger partial charge on any atom is 0.306 e. The van der Waals surface area contributed by atoms with Crippen molar-refractivity contribution in [3.05, 3.63) is 0 Å². The van der Waals surface area contributed by atoms with E-state index in [0.29, 0.717) is 52.7 Å². The predicted molar refractivity (Wildman–Crippen MR) is 150 cm³/mol. The topological polar surface area (TPSA) is 161 Å². The Hall–Kier alpha value is -1.30. The van der Waals surface area contributed by atoms with Crippen LogP contribution >= 0.6 is 0 Å². The molecule has 0 radical (unpaired) electrons. The van der Waals surface area contributed by atoms with Crippen molar-refractivity contribution in [1.29, 1.82) is 0 Å². The van der Waals surface area contributed by atoms with E-state index in [1.54, 1.807) is 21.1 Å². The Labute approximate surface area is 222 Å². The number of rotatable bonds is 19. The molecule has 224 valence electrons. The van der Waals surface area contributed by atoms with Gasteiger partial charge in [-0.25, -0.2) is 0 Å². The average Bonchev–Trinajstić information content (AvgIpc) is 2.81. The Morgan fingerprint density at radius 2 is 1.25 bits per heavy atom. The summed E-state index contributed by atoms with van der Waals surface area (Å²) in [6.45, 7) is 12.7. The molecule has 0 aromatic rings. The quantitative estimate of drug-likeness (QED) is 0.214. The number of amides is 1. The van der Waals surface area contributed by atoms with Crippen LogP contribution in [0.1, 0.15) is 81.1 Å².